The molecule has 2 amide bonds. The van der Waals surface area contributed by atoms with E-state index in [-0.39, 0.29) is 19.0 Å². The van der Waals surface area contributed by atoms with Gasteiger partial charge in [0.2, 0.25) is 0 Å². The SMILES string of the molecule is COC(CNC(=O)N(C)C1CC1)CC(=O)O. The third-order valence-corrected chi connectivity index (χ3v) is 2.63. The summed E-state index contributed by atoms with van der Waals surface area (Å²) >= 11 is 0. The molecule has 1 unspecified atom stereocenters. The molecule has 6 heteroatoms. The number of ether oxygens (including phenoxy) is 1. The van der Waals surface area contributed by atoms with Gasteiger partial charge in [-0.3, -0.25) is 4.79 Å². The highest BCUT2D eigenvalue weighted by atomic mass is 16.5. The van der Waals surface area contributed by atoms with Crippen molar-refractivity contribution in [1.29, 1.82) is 0 Å². The molecular formula is C10H18N2O4. The van der Waals surface area contributed by atoms with Crippen molar-refractivity contribution in [2.75, 3.05) is 20.7 Å². The first-order valence-corrected chi connectivity index (χ1v) is 5.29. The highest BCUT2D eigenvalue weighted by Crippen LogP contribution is 2.25. The zero-order valence-corrected chi connectivity index (χ0v) is 9.60. The average molecular weight is 230 g/mol. The zero-order chi connectivity index (χ0) is 12.1. The van der Waals surface area contributed by atoms with E-state index in [1.165, 1.54) is 7.11 Å². The summed E-state index contributed by atoms with van der Waals surface area (Å²) in [5.41, 5.74) is 0. The minimum Gasteiger partial charge on any atom is -0.481 e. The Balaban J connectivity index is 2.25. The molecule has 0 aromatic carbocycles. The van der Waals surface area contributed by atoms with Gasteiger partial charge in [-0.25, -0.2) is 4.79 Å². The molecule has 92 valence electrons. The molecule has 1 aliphatic carbocycles. The Kier molecular flexibility index (Phi) is 4.54. The van der Waals surface area contributed by atoms with Gasteiger partial charge in [-0.05, 0) is 12.8 Å². The molecule has 16 heavy (non-hydrogen) atoms. The van der Waals surface area contributed by atoms with Crippen LogP contribution in [0.3, 0.4) is 0 Å². The van der Waals surface area contributed by atoms with Gasteiger partial charge in [0, 0.05) is 26.7 Å². The van der Waals surface area contributed by atoms with E-state index in [1.54, 1.807) is 11.9 Å². The van der Waals surface area contributed by atoms with Gasteiger partial charge in [-0.15, -0.1) is 0 Å². The van der Waals surface area contributed by atoms with E-state index in [4.69, 9.17) is 9.84 Å². The maximum absolute atomic E-state index is 11.5. The van der Waals surface area contributed by atoms with Gasteiger partial charge >= 0.3 is 12.0 Å². The molecule has 0 spiro atoms. The smallest absolute Gasteiger partial charge is 0.317 e. The summed E-state index contributed by atoms with van der Waals surface area (Å²) in [4.78, 5) is 23.7. The molecule has 0 heterocycles. The van der Waals surface area contributed by atoms with Crippen molar-refractivity contribution in [2.24, 2.45) is 0 Å². The lowest BCUT2D eigenvalue weighted by Gasteiger charge is -2.19. The fourth-order valence-corrected chi connectivity index (χ4v) is 1.39. The van der Waals surface area contributed by atoms with Gasteiger partial charge in [0.15, 0.2) is 0 Å². The maximum Gasteiger partial charge on any atom is 0.317 e. The maximum atomic E-state index is 11.5. The number of urea groups is 1. The molecule has 1 aliphatic rings. The van der Waals surface area contributed by atoms with Crippen molar-refractivity contribution in [3.63, 3.8) is 0 Å². The van der Waals surface area contributed by atoms with Crippen LogP contribution in [-0.4, -0.2) is 54.9 Å². The van der Waals surface area contributed by atoms with Crippen LogP contribution >= 0.6 is 0 Å². The van der Waals surface area contributed by atoms with Crippen LogP contribution < -0.4 is 5.32 Å². The van der Waals surface area contributed by atoms with E-state index in [1.807, 2.05) is 0 Å². The Morgan fingerprint density at radius 1 is 1.56 bits per heavy atom. The summed E-state index contributed by atoms with van der Waals surface area (Å²) in [6.45, 7) is 0.221. The van der Waals surface area contributed by atoms with E-state index in [0.29, 0.717) is 6.04 Å². The molecule has 0 saturated heterocycles. The van der Waals surface area contributed by atoms with Crippen molar-refractivity contribution in [1.82, 2.24) is 10.2 Å². The van der Waals surface area contributed by atoms with Crippen molar-refractivity contribution in [3.05, 3.63) is 0 Å². The number of nitrogens with zero attached hydrogens (tertiary/aromatic N) is 1. The quantitative estimate of drug-likeness (QED) is 0.687. The Labute approximate surface area is 94.6 Å². The third kappa shape index (κ3) is 4.06. The molecule has 1 fully saturated rings. The molecule has 1 atom stereocenters. The number of methoxy groups -OCH3 is 1. The summed E-state index contributed by atoms with van der Waals surface area (Å²) in [5.74, 6) is -0.934. The van der Waals surface area contributed by atoms with Crippen LogP contribution in [-0.2, 0) is 9.53 Å². The lowest BCUT2D eigenvalue weighted by Crippen LogP contribution is -2.42. The van der Waals surface area contributed by atoms with Crippen molar-refractivity contribution >= 4 is 12.0 Å². The first kappa shape index (κ1) is 12.8. The van der Waals surface area contributed by atoms with Gasteiger partial charge in [0.25, 0.3) is 0 Å². The summed E-state index contributed by atoms with van der Waals surface area (Å²) < 4.78 is 4.95. The molecule has 1 rings (SSSR count). The highest BCUT2D eigenvalue weighted by molar-refractivity contribution is 5.74. The molecular weight excluding hydrogens is 212 g/mol. The lowest BCUT2D eigenvalue weighted by molar-refractivity contribution is -0.139. The topological polar surface area (TPSA) is 78.9 Å². The number of amides is 2. The second-order valence-electron chi connectivity index (χ2n) is 3.98. The largest absolute Gasteiger partial charge is 0.481 e. The van der Waals surface area contributed by atoms with Gasteiger partial charge < -0.3 is 20.1 Å². The van der Waals surface area contributed by atoms with Crippen molar-refractivity contribution in [3.8, 4) is 0 Å². The Hall–Kier alpha value is -1.30. The number of carbonyl (C=O) groups is 2. The Morgan fingerprint density at radius 2 is 2.19 bits per heavy atom. The van der Waals surface area contributed by atoms with E-state index in [9.17, 15) is 9.59 Å². The van der Waals surface area contributed by atoms with E-state index in [2.05, 4.69) is 5.32 Å². The fourth-order valence-electron chi connectivity index (χ4n) is 1.39. The average Bonchev–Trinajstić information content (AvgIpc) is 3.05. The van der Waals surface area contributed by atoms with Crippen LogP contribution in [0.1, 0.15) is 19.3 Å². The minimum atomic E-state index is -0.934. The van der Waals surface area contributed by atoms with Crippen molar-refractivity contribution < 1.29 is 19.4 Å². The summed E-state index contributed by atoms with van der Waals surface area (Å²) in [6.07, 6.45) is 1.51. The lowest BCUT2D eigenvalue weighted by atomic mass is 10.2. The van der Waals surface area contributed by atoms with Crippen LogP contribution in [0.4, 0.5) is 4.79 Å². The summed E-state index contributed by atoms with van der Waals surface area (Å²) in [6, 6.07) is 0.176. The number of aliphatic carboxylic acids is 1. The summed E-state index contributed by atoms with van der Waals surface area (Å²) in [7, 11) is 3.18. The minimum absolute atomic E-state index is 0.107. The van der Waals surface area contributed by atoms with Crippen LogP contribution in [0, 0.1) is 0 Å². The Morgan fingerprint density at radius 3 is 2.62 bits per heavy atom. The number of carboxylic acid groups (broad SMARTS) is 1. The normalized spacial score (nSPS) is 16.6. The molecule has 0 aromatic rings. The predicted octanol–water partition coefficient (Wildman–Crippen LogP) is 0.280. The molecule has 0 aromatic heterocycles. The van der Waals surface area contributed by atoms with Gasteiger partial charge in [0.1, 0.15) is 0 Å². The molecule has 6 nitrogen and oxygen atoms in total. The molecule has 2 N–H and O–H groups in total. The fraction of sp³-hybridized carbons (Fsp3) is 0.800. The zero-order valence-electron chi connectivity index (χ0n) is 9.60. The van der Waals surface area contributed by atoms with E-state index >= 15 is 0 Å². The number of rotatable bonds is 6. The van der Waals surface area contributed by atoms with Crippen LogP contribution in [0.15, 0.2) is 0 Å². The Bertz CT molecular complexity index is 266. The number of carbonyl (C=O) groups excluding carboxylic acids is 1. The van der Waals surface area contributed by atoms with Gasteiger partial charge in [-0.1, -0.05) is 0 Å². The second kappa shape index (κ2) is 5.69. The number of hydrogen-bond acceptors (Lipinski definition) is 3. The molecule has 0 radical (unpaired) electrons. The van der Waals surface area contributed by atoms with Crippen molar-refractivity contribution in [2.45, 2.75) is 31.4 Å². The first-order chi connectivity index (χ1) is 7.54. The van der Waals surface area contributed by atoms with E-state index in [0.717, 1.165) is 12.8 Å². The van der Waals surface area contributed by atoms with Gasteiger partial charge in [0.05, 0.1) is 12.5 Å². The number of nitrogens with one attached hydrogen (secondary N) is 1. The molecule has 0 aliphatic heterocycles. The highest BCUT2D eigenvalue weighted by Gasteiger charge is 2.29. The molecule has 0 bridgehead atoms. The summed E-state index contributed by atoms with van der Waals surface area (Å²) in [5, 5.41) is 11.2. The number of carboxylic acids is 1. The first-order valence-electron chi connectivity index (χ1n) is 5.29. The second-order valence-corrected chi connectivity index (χ2v) is 3.98. The van der Waals surface area contributed by atoms with Gasteiger partial charge in [-0.2, -0.15) is 0 Å². The van der Waals surface area contributed by atoms with Crippen LogP contribution in [0.25, 0.3) is 0 Å². The monoisotopic (exact) mass is 230 g/mol. The molecule has 1 saturated carbocycles. The standard InChI is InChI=1S/C10H18N2O4/c1-12(7-3-4-7)10(15)11-6-8(16-2)5-9(13)14/h7-8H,3-6H2,1-2H3,(H,11,15)(H,13,14). The van der Waals surface area contributed by atoms with Crippen LogP contribution in [0.2, 0.25) is 0 Å². The third-order valence-electron chi connectivity index (χ3n) is 2.63. The predicted molar refractivity (Wildman–Crippen MR) is 57.2 cm³/mol. The number of hydrogen-bond donors (Lipinski definition) is 2. The van der Waals surface area contributed by atoms with Crippen LogP contribution in [0.5, 0.6) is 0 Å². The van der Waals surface area contributed by atoms with E-state index < -0.39 is 12.1 Å².